The average Bonchev–Trinajstić information content (AvgIpc) is 2.47. The van der Waals surface area contributed by atoms with Crippen LogP contribution in [0.2, 0.25) is 0 Å². The van der Waals surface area contributed by atoms with Gasteiger partial charge in [0.2, 0.25) is 11.7 Å². The van der Waals surface area contributed by atoms with Gasteiger partial charge in [-0.3, -0.25) is 10.2 Å². The Morgan fingerprint density at radius 2 is 1.93 bits per heavy atom. The van der Waals surface area contributed by atoms with Crippen LogP contribution in [0.1, 0.15) is 11.7 Å². The Balaban J connectivity index is 2.29. The van der Waals surface area contributed by atoms with Crippen LogP contribution >= 0.6 is 15.9 Å². The third-order valence-corrected chi connectivity index (χ3v) is 2.72. The van der Waals surface area contributed by atoms with Crippen LogP contribution in [-0.2, 0) is 9.53 Å². The summed E-state index contributed by atoms with van der Waals surface area (Å²) in [5.74, 6) is -0.866. The van der Waals surface area contributed by atoms with Crippen LogP contribution in [0.3, 0.4) is 0 Å². The molecule has 0 amide bonds. The lowest BCUT2D eigenvalue weighted by molar-refractivity contribution is -0.127. The zero-order valence-electron chi connectivity index (χ0n) is 7.61. The van der Waals surface area contributed by atoms with Gasteiger partial charge in [0, 0.05) is 10.0 Å². The molecule has 1 aliphatic rings. The van der Waals surface area contributed by atoms with Crippen LogP contribution in [0.5, 0.6) is 0 Å². The quantitative estimate of drug-likeness (QED) is 0.810. The van der Waals surface area contributed by atoms with E-state index in [2.05, 4.69) is 15.9 Å². The predicted molar refractivity (Wildman–Crippen MR) is 56.7 cm³/mol. The third kappa shape index (κ3) is 1.80. The van der Waals surface area contributed by atoms with Crippen molar-refractivity contribution >= 4 is 27.6 Å². The van der Waals surface area contributed by atoms with Gasteiger partial charge in [0.05, 0.1) is 0 Å². The Bertz CT molecular complexity index is 415. The molecule has 15 heavy (non-hydrogen) atoms. The van der Waals surface area contributed by atoms with Crippen molar-refractivity contribution in [2.24, 2.45) is 0 Å². The number of hydrogen-bond donors (Lipinski definition) is 2. The van der Waals surface area contributed by atoms with Gasteiger partial charge in [-0.1, -0.05) is 28.1 Å². The maximum absolute atomic E-state index is 11.5. The second-order valence-corrected chi connectivity index (χ2v) is 4.13. The molecule has 2 atom stereocenters. The molecule has 1 heterocycles. The highest BCUT2D eigenvalue weighted by molar-refractivity contribution is 9.10. The number of aliphatic hydroxyl groups is 1. The molecule has 0 aliphatic carbocycles. The fraction of sp³-hybridized carbons (Fsp3) is 0.200. The van der Waals surface area contributed by atoms with Crippen molar-refractivity contribution in [3.05, 3.63) is 34.3 Å². The molecular weight excluding hydrogens is 262 g/mol. The average molecular weight is 270 g/mol. The summed E-state index contributed by atoms with van der Waals surface area (Å²) in [5.41, 5.74) is 0.643. The first-order chi connectivity index (χ1) is 7.09. The number of nitrogens with one attached hydrogen (secondary N) is 1. The number of aliphatic hydroxyl groups excluding tert-OH is 1. The molecule has 0 radical (unpaired) electrons. The van der Waals surface area contributed by atoms with Gasteiger partial charge in [0.1, 0.15) is 0 Å². The lowest BCUT2D eigenvalue weighted by Gasteiger charge is -2.07. The van der Waals surface area contributed by atoms with E-state index in [1.54, 1.807) is 24.3 Å². The number of halogens is 1. The van der Waals surface area contributed by atoms with Crippen molar-refractivity contribution in [1.82, 2.24) is 0 Å². The van der Waals surface area contributed by atoms with E-state index in [0.717, 1.165) is 4.47 Å². The number of ketones is 1. The number of rotatable bonds is 1. The Hall–Kier alpha value is -1.20. The highest BCUT2D eigenvalue weighted by Crippen LogP contribution is 2.27. The molecule has 2 rings (SSSR count). The molecule has 78 valence electrons. The van der Waals surface area contributed by atoms with Gasteiger partial charge >= 0.3 is 0 Å². The smallest absolute Gasteiger partial charge is 0.219 e. The Kier molecular flexibility index (Phi) is 2.58. The third-order valence-electron chi connectivity index (χ3n) is 2.19. The zero-order valence-corrected chi connectivity index (χ0v) is 9.19. The SMILES string of the molecule is N=C1OC(c2ccc(Br)cc2)C(=O)C1O. The Morgan fingerprint density at radius 3 is 2.40 bits per heavy atom. The molecule has 1 fully saturated rings. The minimum atomic E-state index is -1.42. The first-order valence-corrected chi connectivity index (χ1v) is 5.11. The van der Waals surface area contributed by atoms with Gasteiger partial charge in [-0.05, 0) is 12.1 Å². The van der Waals surface area contributed by atoms with Crippen molar-refractivity contribution in [3.63, 3.8) is 0 Å². The normalized spacial score (nSPS) is 25.5. The summed E-state index contributed by atoms with van der Waals surface area (Å²) in [6.45, 7) is 0. The van der Waals surface area contributed by atoms with Crippen LogP contribution < -0.4 is 0 Å². The number of hydrogen-bond acceptors (Lipinski definition) is 4. The molecule has 5 heteroatoms. The van der Waals surface area contributed by atoms with E-state index >= 15 is 0 Å². The largest absolute Gasteiger partial charge is 0.463 e. The van der Waals surface area contributed by atoms with Gasteiger partial charge < -0.3 is 9.84 Å². The van der Waals surface area contributed by atoms with Crippen LogP contribution in [0.4, 0.5) is 0 Å². The first kappa shape index (κ1) is 10.3. The van der Waals surface area contributed by atoms with Gasteiger partial charge in [-0.15, -0.1) is 0 Å². The lowest BCUT2D eigenvalue weighted by atomic mass is 10.0. The zero-order chi connectivity index (χ0) is 11.0. The molecular formula is C10H8BrNO3. The molecule has 0 aromatic heterocycles. The number of benzene rings is 1. The van der Waals surface area contributed by atoms with Crippen molar-refractivity contribution in [2.75, 3.05) is 0 Å². The van der Waals surface area contributed by atoms with Gasteiger partial charge in [0.15, 0.2) is 12.2 Å². The second kappa shape index (κ2) is 3.75. The van der Waals surface area contributed by atoms with E-state index in [4.69, 9.17) is 10.1 Å². The van der Waals surface area contributed by atoms with E-state index < -0.39 is 18.0 Å². The molecule has 1 saturated heterocycles. The van der Waals surface area contributed by atoms with Crippen molar-refractivity contribution in [2.45, 2.75) is 12.2 Å². The Morgan fingerprint density at radius 1 is 1.33 bits per heavy atom. The summed E-state index contributed by atoms with van der Waals surface area (Å²) in [7, 11) is 0. The maximum atomic E-state index is 11.5. The first-order valence-electron chi connectivity index (χ1n) is 4.32. The van der Waals surface area contributed by atoms with Gasteiger partial charge in [-0.2, -0.15) is 0 Å². The van der Waals surface area contributed by atoms with E-state index in [1.807, 2.05) is 0 Å². The summed E-state index contributed by atoms with van der Waals surface area (Å²) < 4.78 is 5.88. The van der Waals surface area contributed by atoms with Crippen molar-refractivity contribution < 1.29 is 14.6 Å². The van der Waals surface area contributed by atoms with E-state index in [1.165, 1.54) is 0 Å². The molecule has 0 spiro atoms. The van der Waals surface area contributed by atoms with Crippen LogP contribution in [-0.4, -0.2) is 22.9 Å². The van der Waals surface area contributed by atoms with Crippen LogP contribution in [0, 0.1) is 5.41 Å². The summed E-state index contributed by atoms with van der Waals surface area (Å²) in [4.78, 5) is 11.5. The molecule has 1 aromatic rings. The summed E-state index contributed by atoms with van der Waals surface area (Å²) in [6, 6.07) is 7.00. The van der Waals surface area contributed by atoms with Crippen LogP contribution in [0.25, 0.3) is 0 Å². The highest BCUT2D eigenvalue weighted by Gasteiger charge is 2.40. The number of carbonyl (C=O) groups excluding carboxylic acids is 1. The van der Waals surface area contributed by atoms with Crippen molar-refractivity contribution in [1.29, 1.82) is 5.41 Å². The molecule has 4 nitrogen and oxygen atoms in total. The van der Waals surface area contributed by atoms with Crippen molar-refractivity contribution in [3.8, 4) is 0 Å². The summed E-state index contributed by atoms with van der Waals surface area (Å²) in [5, 5.41) is 16.4. The fourth-order valence-corrected chi connectivity index (χ4v) is 1.66. The summed E-state index contributed by atoms with van der Waals surface area (Å²) >= 11 is 3.28. The maximum Gasteiger partial charge on any atom is 0.219 e. The van der Waals surface area contributed by atoms with E-state index in [9.17, 15) is 9.90 Å². The number of carbonyl (C=O) groups is 1. The van der Waals surface area contributed by atoms with E-state index in [0.29, 0.717) is 5.56 Å². The predicted octanol–water partition coefficient (Wildman–Crippen LogP) is 1.43. The fourth-order valence-electron chi connectivity index (χ4n) is 1.39. The Labute approximate surface area is 94.5 Å². The topological polar surface area (TPSA) is 70.4 Å². The van der Waals surface area contributed by atoms with E-state index in [-0.39, 0.29) is 5.90 Å². The number of Topliss-reactive ketones (excluding diaryl/α,β-unsaturated/α-hetero) is 1. The molecule has 2 N–H and O–H groups in total. The standard InChI is InChI=1S/C10H8BrNO3/c11-6-3-1-5(2-4-6)9-7(13)8(14)10(12)15-9/h1-4,8-9,12,14H. The molecule has 1 aromatic carbocycles. The molecule has 0 saturated carbocycles. The van der Waals surface area contributed by atoms with Crippen LogP contribution in [0.15, 0.2) is 28.7 Å². The molecule has 2 unspecified atom stereocenters. The minimum Gasteiger partial charge on any atom is -0.463 e. The highest BCUT2D eigenvalue weighted by atomic mass is 79.9. The number of ether oxygens (including phenoxy) is 1. The summed E-state index contributed by atoms with van der Waals surface area (Å²) in [6.07, 6.45) is -2.26. The molecule has 0 bridgehead atoms. The molecule has 1 aliphatic heterocycles. The minimum absolute atomic E-state index is 0.382. The lowest BCUT2D eigenvalue weighted by Crippen LogP contribution is -2.21. The second-order valence-electron chi connectivity index (χ2n) is 3.22. The van der Waals surface area contributed by atoms with Gasteiger partial charge in [0.25, 0.3) is 0 Å². The monoisotopic (exact) mass is 269 g/mol. The van der Waals surface area contributed by atoms with Gasteiger partial charge in [-0.25, -0.2) is 0 Å².